The van der Waals surface area contributed by atoms with Crippen LogP contribution in [0.25, 0.3) is 0 Å². The van der Waals surface area contributed by atoms with E-state index >= 15 is 0 Å². The summed E-state index contributed by atoms with van der Waals surface area (Å²) in [5.41, 5.74) is 0.689. The summed E-state index contributed by atoms with van der Waals surface area (Å²) in [6.07, 6.45) is 0.552. The molecule has 0 aliphatic carbocycles. The molecule has 178 valence electrons. The number of carbonyl (C=O) groups is 3. The third-order valence-electron chi connectivity index (χ3n) is 6.29. The van der Waals surface area contributed by atoms with Crippen molar-refractivity contribution in [2.24, 2.45) is 0 Å². The molecule has 2 fully saturated rings. The number of fused-ring (bicyclic) bond motifs is 3. The lowest BCUT2D eigenvalue weighted by molar-refractivity contribution is -0.154. The Balaban J connectivity index is 1.19. The lowest BCUT2D eigenvalue weighted by Crippen LogP contribution is -2.52. The van der Waals surface area contributed by atoms with Crippen LogP contribution in [-0.2, 0) is 29.1 Å². The fourth-order valence-electron chi connectivity index (χ4n) is 4.52. The minimum absolute atomic E-state index is 0.142. The van der Waals surface area contributed by atoms with Crippen LogP contribution in [0.15, 0.2) is 64.4 Å². The fourth-order valence-corrected chi connectivity index (χ4v) is 7.38. The van der Waals surface area contributed by atoms with Gasteiger partial charge in [-0.3, -0.25) is 14.5 Å². The predicted molar refractivity (Wildman–Crippen MR) is 124 cm³/mol. The zero-order valence-electron chi connectivity index (χ0n) is 18.3. The molecule has 2 saturated heterocycles. The normalized spacial score (nSPS) is 22.4. The third kappa shape index (κ3) is 3.77. The molecule has 1 atom stereocenters. The van der Waals surface area contributed by atoms with E-state index in [0.29, 0.717) is 12.1 Å². The monoisotopic (exact) mass is 501 g/mol. The van der Waals surface area contributed by atoms with Crippen LogP contribution in [0.1, 0.15) is 12.8 Å². The number of anilines is 1. The Morgan fingerprint density at radius 3 is 2.38 bits per heavy atom. The van der Waals surface area contributed by atoms with Crippen molar-refractivity contribution in [2.45, 2.75) is 27.5 Å². The van der Waals surface area contributed by atoms with Crippen molar-refractivity contribution in [1.82, 2.24) is 9.21 Å². The summed E-state index contributed by atoms with van der Waals surface area (Å²) in [5, 5.41) is 0. The number of ether oxygens (including phenoxy) is 1. The van der Waals surface area contributed by atoms with Gasteiger partial charge in [-0.05, 0) is 24.3 Å². The van der Waals surface area contributed by atoms with E-state index in [2.05, 4.69) is 0 Å². The number of amides is 2. The molecule has 3 aliphatic rings. The number of esters is 1. The Bertz CT molecular complexity index is 1240. The molecule has 0 saturated carbocycles. The van der Waals surface area contributed by atoms with Gasteiger partial charge in [0.25, 0.3) is 5.91 Å². The molecule has 0 radical (unpaired) electrons. The van der Waals surface area contributed by atoms with Crippen LogP contribution >= 0.6 is 11.8 Å². The quantitative estimate of drug-likeness (QED) is 0.575. The first-order valence-electron chi connectivity index (χ1n) is 10.9. The highest BCUT2D eigenvalue weighted by atomic mass is 32.2. The van der Waals surface area contributed by atoms with Gasteiger partial charge in [-0.2, -0.15) is 4.31 Å². The topological polar surface area (TPSA) is 104 Å². The number of hydrogen-bond acceptors (Lipinski definition) is 7. The van der Waals surface area contributed by atoms with Gasteiger partial charge >= 0.3 is 5.97 Å². The molecule has 34 heavy (non-hydrogen) atoms. The maximum Gasteiger partial charge on any atom is 0.344 e. The van der Waals surface area contributed by atoms with Crippen LogP contribution in [0.2, 0.25) is 0 Å². The lowest BCUT2D eigenvalue weighted by Gasteiger charge is -2.34. The number of thioether (sulfide) groups is 1. The van der Waals surface area contributed by atoms with Gasteiger partial charge in [-0.25, -0.2) is 13.2 Å². The average molecular weight is 502 g/mol. The van der Waals surface area contributed by atoms with Gasteiger partial charge in [-0.15, -0.1) is 0 Å². The number of benzene rings is 2. The average Bonchev–Trinajstić information content (AvgIpc) is 3.38. The maximum atomic E-state index is 13.1. The summed E-state index contributed by atoms with van der Waals surface area (Å²) in [7, 11) is -3.62. The molecule has 3 heterocycles. The van der Waals surface area contributed by atoms with Crippen molar-refractivity contribution in [3.05, 3.63) is 54.6 Å². The molecule has 0 bridgehead atoms. The van der Waals surface area contributed by atoms with Gasteiger partial charge in [0.1, 0.15) is 0 Å². The highest BCUT2D eigenvalue weighted by Gasteiger charge is 2.58. The van der Waals surface area contributed by atoms with E-state index in [4.69, 9.17) is 4.74 Å². The predicted octanol–water partition coefficient (Wildman–Crippen LogP) is 1.69. The van der Waals surface area contributed by atoms with Crippen molar-refractivity contribution < 1.29 is 27.5 Å². The van der Waals surface area contributed by atoms with Crippen LogP contribution in [-0.4, -0.2) is 73.1 Å². The van der Waals surface area contributed by atoms with E-state index in [1.54, 1.807) is 36.4 Å². The van der Waals surface area contributed by atoms with Gasteiger partial charge < -0.3 is 9.64 Å². The van der Waals surface area contributed by atoms with Gasteiger partial charge in [0.15, 0.2) is 11.5 Å². The summed E-state index contributed by atoms with van der Waals surface area (Å²) >= 11 is 1.29. The van der Waals surface area contributed by atoms with Crippen molar-refractivity contribution in [3.63, 3.8) is 0 Å². The molecule has 0 aromatic heterocycles. The van der Waals surface area contributed by atoms with Gasteiger partial charge in [0, 0.05) is 43.9 Å². The first-order valence-corrected chi connectivity index (χ1v) is 13.2. The number of para-hydroxylation sites is 1. The Hall–Kier alpha value is -2.89. The second kappa shape index (κ2) is 8.71. The van der Waals surface area contributed by atoms with Crippen molar-refractivity contribution >= 4 is 45.3 Å². The second-order valence-electron chi connectivity index (χ2n) is 8.26. The Labute approximate surface area is 201 Å². The summed E-state index contributed by atoms with van der Waals surface area (Å²) < 4.78 is 32.3. The summed E-state index contributed by atoms with van der Waals surface area (Å²) in [4.78, 5) is 41.2. The van der Waals surface area contributed by atoms with E-state index in [9.17, 15) is 22.8 Å². The van der Waals surface area contributed by atoms with E-state index in [0.717, 1.165) is 4.90 Å². The molecule has 5 rings (SSSR count). The minimum Gasteiger partial charge on any atom is -0.453 e. The fraction of sp³-hybridized carbons (Fsp3) is 0.348. The number of nitrogens with zero attached hydrogens (tertiary/aromatic N) is 3. The standard InChI is InChI=1S/C23H23N3O6S2/c27-20-10-11-23(26(20)18-8-4-5-9-19(18)33-23)22(29)32-16-21(28)24-12-14-25(15-13-24)34(30,31)17-6-2-1-3-7-17/h1-9H,10-16H2/t23-/m1/s1. The molecule has 2 aromatic carbocycles. The van der Waals surface area contributed by atoms with E-state index in [1.165, 1.54) is 25.9 Å². The van der Waals surface area contributed by atoms with Crippen LogP contribution in [0.5, 0.6) is 0 Å². The number of sulfonamides is 1. The van der Waals surface area contributed by atoms with Crippen molar-refractivity contribution in [3.8, 4) is 0 Å². The summed E-state index contributed by atoms with van der Waals surface area (Å²) in [6.45, 7) is 0.282. The lowest BCUT2D eigenvalue weighted by atomic mass is 10.2. The smallest absolute Gasteiger partial charge is 0.344 e. The number of piperazine rings is 1. The van der Waals surface area contributed by atoms with Crippen molar-refractivity contribution in [1.29, 1.82) is 0 Å². The molecule has 2 aromatic rings. The first-order chi connectivity index (χ1) is 16.3. The van der Waals surface area contributed by atoms with E-state index in [1.807, 2.05) is 18.2 Å². The van der Waals surface area contributed by atoms with E-state index < -0.39 is 33.4 Å². The highest BCUT2D eigenvalue weighted by molar-refractivity contribution is 8.02. The number of hydrogen-bond donors (Lipinski definition) is 0. The molecular formula is C23H23N3O6S2. The third-order valence-corrected chi connectivity index (χ3v) is 9.66. The number of carbonyl (C=O) groups excluding carboxylic acids is 3. The van der Waals surface area contributed by atoms with Crippen molar-refractivity contribution in [2.75, 3.05) is 37.7 Å². The van der Waals surface area contributed by atoms with Gasteiger partial charge in [0.05, 0.1) is 10.6 Å². The molecule has 3 aliphatic heterocycles. The molecule has 0 unspecified atom stereocenters. The van der Waals surface area contributed by atoms with Gasteiger partial charge in [-0.1, -0.05) is 42.1 Å². The molecule has 11 heteroatoms. The Kier molecular flexibility index (Phi) is 5.86. The molecule has 9 nitrogen and oxygen atoms in total. The molecule has 0 spiro atoms. The molecule has 0 N–H and O–H groups in total. The first kappa shape index (κ1) is 22.9. The summed E-state index contributed by atoms with van der Waals surface area (Å²) in [6, 6.07) is 15.5. The van der Waals surface area contributed by atoms with Crippen LogP contribution < -0.4 is 4.90 Å². The highest BCUT2D eigenvalue weighted by Crippen LogP contribution is 2.56. The maximum absolute atomic E-state index is 13.1. The zero-order chi connectivity index (χ0) is 23.9. The molecular weight excluding hydrogens is 478 g/mol. The SMILES string of the molecule is O=C(COC(=O)[C@]12CCC(=O)N1c1ccccc1S2)N1CCN(S(=O)(=O)c2ccccc2)CC1. The van der Waals surface area contributed by atoms with Gasteiger partial charge in [0.2, 0.25) is 15.9 Å². The largest absolute Gasteiger partial charge is 0.453 e. The van der Waals surface area contributed by atoms with Crippen LogP contribution in [0.3, 0.4) is 0 Å². The Morgan fingerprint density at radius 2 is 1.65 bits per heavy atom. The Morgan fingerprint density at radius 1 is 0.971 bits per heavy atom. The van der Waals surface area contributed by atoms with Crippen LogP contribution in [0, 0.1) is 0 Å². The summed E-state index contributed by atoms with van der Waals surface area (Å²) in [5.74, 6) is -1.15. The second-order valence-corrected chi connectivity index (χ2v) is 11.5. The number of rotatable bonds is 5. The zero-order valence-corrected chi connectivity index (χ0v) is 19.9. The molecule has 2 amide bonds. The van der Waals surface area contributed by atoms with E-state index in [-0.39, 0.29) is 43.4 Å². The van der Waals surface area contributed by atoms with Crippen LogP contribution in [0.4, 0.5) is 5.69 Å². The minimum atomic E-state index is -3.62.